The largest absolute Gasteiger partial charge is 0.494 e. The molecule has 30 heavy (non-hydrogen) atoms. The van der Waals surface area contributed by atoms with Crippen molar-refractivity contribution in [1.82, 2.24) is 19.7 Å². The molecule has 1 N–H and O–H groups in total. The molecule has 0 atom stereocenters. The lowest BCUT2D eigenvalue weighted by Gasteiger charge is -2.30. The fraction of sp³-hybridized carbons (Fsp3) is 0.364. The fourth-order valence-electron chi connectivity index (χ4n) is 3.85. The fourth-order valence-corrected chi connectivity index (χ4v) is 3.85. The summed E-state index contributed by atoms with van der Waals surface area (Å²) in [5.41, 5.74) is 2.54. The van der Waals surface area contributed by atoms with Crippen LogP contribution < -0.4 is 10.1 Å². The zero-order valence-corrected chi connectivity index (χ0v) is 17.2. The number of hydrogen-bond acceptors (Lipinski definition) is 6. The Labute approximate surface area is 174 Å². The lowest BCUT2D eigenvalue weighted by Crippen LogP contribution is -2.35. The summed E-state index contributed by atoms with van der Waals surface area (Å²) < 4.78 is 7.48. The van der Waals surface area contributed by atoms with E-state index < -0.39 is 0 Å². The van der Waals surface area contributed by atoms with Gasteiger partial charge in [-0.25, -0.2) is 4.98 Å². The number of aldehydes is 1. The Balaban J connectivity index is 1.56. The molecule has 3 heterocycles. The molecule has 0 saturated carbocycles. The van der Waals surface area contributed by atoms with Gasteiger partial charge >= 0.3 is 0 Å². The molecule has 1 aromatic carbocycles. The van der Waals surface area contributed by atoms with E-state index in [0.29, 0.717) is 29.7 Å². The van der Waals surface area contributed by atoms with Gasteiger partial charge < -0.3 is 14.8 Å². The minimum atomic E-state index is -0.286. The number of ether oxygens (including phenoxy) is 1. The van der Waals surface area contributed by atoms with Crippen LogP contribution in [0.15, 0.2) is 36.5 Å². The van der Waals surface area contributed by atoms with Crippen molar-refractivity contribution in [2.75, 3.05) is 32.1 Å². The van der Waals surface area contributed by atoms with Crippen LogP contribution in [0.2, 0.25) is 0 Å². The van der Waals surface area contributed by atoms with Crippen LogP contribution in [0.5, 0.6) is 5.75 Å². The van der Waals surface area contributed by atoms with E-state index >= 15 is 0 Å². The number of nitrogens with one attached hydrogen (secondary N) is 1. The molecule has 8 heteroatoms. The van der Waals surface area contributed by atoms with Crippen LogP contribution in [-0.4, -0.2) is 58.6 Å². The number of carbonyl (C=O) groups is 2. The molecule has 1 aliphatic rings. The molecule has 0 spiro atoms. The molecule has 2 aromatic heterocycles. The van der Waals surface area contributed by atoms with Crippen molar-refractivity contribution in [1.29, 1.82) is 0 Å². The molecule has 0 radical (unpaired) electrons. The lowest BCUT2D eigenvalue weighted by molar-refractivity contribution is -0.109. The van der Waals surface area contributed by atoms with Crippen molar-refractivity contribution in [3.8, 4) is 5.75 Å². The van der Waals surface area contributed by atoms with Gasteiger partial charge in [0.2, 0.25) is 0 Å². The summed E-state index contributed by atoms with van der Waals surface area (Å²) in [6, 6.07) is 9.35. The molecule has 0 unspecified atom stereocenters. The van der Waals surface area contributed by atoms with Crippen molar-refractivity contribution in [2.24, 2.45) is 0 Å². The van der Waals surface area contributed by atoms with Gasteiger partial charge in [0, 0.05) is 36.4 Å². The van der Waals surface area contributed by atoms with Gasteiger partial charge in [0.1, 0.15) is 17.7 Å². The molecule has 4 rings (SSSR count). The van der Waals surface area contributed by atoms with Gasteiger partial charge in [-0.1, -0.05) is 6.07 Å². The van der Waals surface area contributed by atoms with Gasteiger partial charge in [-0.3, -0.25) is 14.4 Å². The first-order valence-corrected chi connectivity index (χ1v) is 10.1. The Morgan fingerprint density at radius 3 is 2.80 bits per heavy atom. The average molecular weight is 407 g/mol. The van der Waals surface area contributed by atoms with E-state index in [-0.39, 0.29) is 5.91 Å². The minimum Gasteiger partial charge on any atom is -0.494 e. The van der Waals surface area contributed by atoms with Crippen molar-refractivity contribution in [3.63, 3.8) is 0 Å². The first-order valence-electron chi connectivity index (χ1n) is 10.1. The Morgan fingerprint density at radius 2 is 2.10 bits per heavy atom. The third-order valence-corrected chi connectivity index (χ3v) is 5.48. The first kappa shape index (κ1) is 20.0. The molecular formula is C22H25N5O3. The highest BCUT2D eigenvalue weighted by Gasteiger charge is 2.22. The second-order valence-corrected chi connectivity index (χ2v) is 7.54. The van der Waals surface area contributed by atoms with Crippen LogP contribution in [-0.2, 0) is 4.79 Å². The smallest absolute Gasteiger partial charge is 0.274 e. The van der Waals surface area contributed by atoms with Crippen LogP contribution in [0.25, 0.3) is 10.9 Å². The molecule has 1 aliphatic heterocycles. The lowest BCUT2D eigenvalue weighted by atomic mass is 10.1. The van der Waals surface area contributed by atoms with Gasteiger partial charge in [0.25, 0.3) is 5.91 Å². The molecule has 8 nitrogen and oxygen atoms in total. The number of pyridine rings is 1. The number of anilines is 1. The number of piperidine rings is 1. The molecule has 1 amide bonds. The Kier molecular flexibility index (Phi) is 5.76. The molecule has 1 fully saturated rings. The third kappa shape index (κ3) is 4.18. The number of fused-ring (bicyclic) bond motifs is 1. The molecule has 1 saturated heterocycles. The third-order valence-electron chi connectivity index (χ3n) is 5.48. The summed E-state index contributed by atoms with van der Waals surface area (Å²) in [5, 5.41) is 8.56. The summed E-state index contributed by atoms with van der Waals surface area (Å²) >= 11 is 0. The number of rotatable bonds is 6. The van der Waals surface area contributed by atoms with Crippen molar-refractivity contribution < 1.29 is 14.3 Å². The maximum atomic E-state index is 12.6. The highest BCUT2D eigenvalue weighted by atomic mass is 16.5. The standard InChI is InChI=1S/C22H25N5O3/c1-15-4-3-5-18(23-15)22(29)24-20-12-16-14-27(25-19(16)13-21(20)30-2)17-6-8-26(9-7-17)10-11-28/h3-5,11-14,17H,6-10H2,1-2H3,(H,24,29). The molecular weight excluding hydrogens is 382 g/mol. The van der Waals surface area contributed by atoms with Gasteiger partial charge in [-0.2, -0.15) is 5.10 Å². The second-order valence-electron chi connectivity index (χ2n) is 7.54. The van der Waals surface area contributed by atoms with Crippen LogP contribution in [0, 0.1) is 6.92 Å². The van der Waals surface area contributed by atoms with E-state index in [9.17, 15) is 9.59 Å². The number of amides is 1. The number of nitrogens with zero attached hydrogens (tertiary/aromatic N) is 4. The van der Waals surface area contributed by atoms with Crippen LogP contribution in [0.3, 0.4) is 0 Å². The summed E-state index contributed by atoms with van der Waals surface area (Å²) in [6.07, 6.45) is 4.86. The number of carbonyl (C=O) groups excluding carboxylic acids is 2. The van der Waals surface area contributed by atoms with E-state index in [0.717, 1.165) is 48.8 Å². The number of methoxy groups -OCH3 is 1. The summed E-state index contributed by atoms with van der Waals surface area (Å²) in [4.78, 5) is 29.8. The Hall–Kier alpha value is -3.26. The van der Waals surface area contributed by atoms with E-state index in [4.69, 9.17) is 9.84 Å². The summed E-state index contributed by atoms with van der Waals surface area (Å²) in [7, 11) is 1.57. The topological polar surface area (TPSA) is 89.4 Å². The normalized spacial score (nSPS) is 15.3. The number of benzene rings is 1. The Bertz CT molecular complexity index is 1070. The molecule has 0 bridgehead atoms. The molecule has 156 valence electrons. The number of hydrogen-bond donors (Lipinski definition) is 1. The average Bonchev–Trinajstić information content (AvgIpc) is 3.16. The van der Waals surface area contributed by atoms with Crippen LogP contribution in [0.4, 0.5) is 5.69 Å². The van der Waals surface area contributed by atoms with Crippen LogP contribution in [0.1, 0.15) is 35.1 Å². The first-order chi connectivity index (χ1) is 14.6. The summed E-state index contributed by atoms with van der Waals surface area (Å²) in [5.74, 6) is 0.265. The van der Waals surface area contributed by atoms with E-state index in [1.807, 2.05) is 42.1 Å². The molecule has 3 aromatic rings. The number of likely N-dealkylation sites (tertiary alicyclic amines) is 1. The number of aromatic nitrogens is 3. The maximum absolute atomic E-state index is 12.6. The zero-order valence-electron chi connectivity index (χ0n) is 17.2. The summed E-state index contributed by atoms with van der Waals surface area (Å²) in [6.45, 7) is 4.10. The minimum absolute atomic E-state index is 0.286. The quantitative estimate of drug-likeness (QED) is 0.632. The van der Waals surface area contributed by atoms with E-state index in [2.05, 4.69) is 15.2 Å². The second kappa shape index (κ2) is 8.62. The predicted molar refractivity (Wildman–Crippen MR) is 114 cm³/mol. The zero-order chi connectivity index (χ0) is 21.1. The maximum Gasteiger partial charge on any atom is 0.274 e. The monoisotopic (exact) mass is 407 g/mol. The van der Waals surface area contributed by atoms with Crippen molar-refractivity contribution in [2.45, 2.75) is 25.8 Å². The van der Waals surface area contributed by atoms with Crippen LogP contribution >= 0.6 is 0 Å². The van der Waals surface area contributed by atoms with Gasteiger partial charge in [0.15, 0.2) is 0 Å². The predicted octanol–water partition coefficient (Wildman–Crippen LogP) is 2.84. The van der Waals surface area contributed by atoms with Crippen molar-refractivity contribution >= 4 is 28.8 Å². The van der Waals surface area contributed by atoms with Crippen molar-refractivity contribution in [3.05, 3.63) is 47.9 Å². The van der Waals surface area contributed by atoms with E-state index in [1.165, 1.54) is 0 Å². The van der Waals surface area contributed by atoms with Gasteiger partial charge in [-0.15, -0.1) is 0 Å². The SMILES string of the molecule is COc1cc2nn(C3CCN(CC=O)CC3)cc2cc1NC(=O)c1cccc(C)n1. The molecule has 0 aliphatic carbocycles. The van der Waals surface area contributed by atoms with Gasteiger partial charge in [-0.05, 0) is 38.0 Å². The number of aryl methyl sites for hydroxylation is 1. The van der Waals surface area contributed by atoms with E-state index in [1.54, 1.807) is 13.2 Å². The Morgan fingerprint density at radius 1 is 1.30 bits per heavy atom. The highest BCUT2D eigenvalue weighted by Crippen LogP contribution is 2.32. The highest BCUT2D eigenvalue weighted by molar-refractivity contribution is 6.05. The van der Waals surface area contributed by atoms with Gasteiger partial charge in [0.05, 0.1) is 30.9 Å².